The molecule has 0 saturated carbocycles. The Hall–Kier alpha value is -2.44. The maximum absolute atomic E-state index is 13.1. The van der Waals surface area contributed by atoms with Crippen molar-refractivity contribution in [1.29, 1.82) is 0 Å². The van der Waals surface area contributed by atoms with Crippen molar-refractivity contribution in [2.45, 2.75) is 25.6 Å². The van der Waals surface area contributed by atoms with E-state index in [0.29, 0.717) is 26.2 Å². The van der Waals surface area contributed by atoms with Crippen LogP contribution in [0.15, 0.2) is 48.5 Å². The molecular formula is C21H25FN2O3. The molecule has 27 heavy (non-hydrogen) atoms. The van der Waals surface area contributed by atoms with E-state index in [9.17, 15) is 9.18 Å². The van der Waals surface area contributed by atoms with Crippen molar-refractivity contribution in [3.63, 3.8) is 0 Å². The molecule has 1 fully saturated rings. The molecule has 2 aromatic carbocycles. The Labute approximate surface area is 159 Å². The third-order valence-corrected chi connectivity index (χ3v) is 4.91. The van der Waals surface area contributed by atoms with Crippen LogP contribution in [0.3, 0.4) is 0 Å². The summed E-state index contributed by atoms with van der Waals surface area (Å²) in [4.78, 5) is 14.7. The molecule has 1 N–H and O–H groups in total. The van der Waals surface area contributed by atoms with Crippen LogP contribution in [-0.4, -0.2) is 43.7 Å². The third kappa shape index (κ3) is 4.84. The summed E-state index contributed by atoms with van der Waals surface area (Å²) in [6, 6.07) is 13.7. The zero-order valence-corrected chi connectivity index (χ0v) is 15.7. The van der Waals surface area contributed by atoms with Crippen LogP contribution in [0.5, 0.6) is 5.75 Å². The first-order chi connectivity index (χ1) is 13.1. The zero-order valence-electron chi connectivity index (χ0n) is 15.7. The molecule has 2 unspecified atom stereocenters. The number of carbonyl (C=O) groups excluding carboxylic acids is 1. The molecule has 1 aliphatic rings. The summed E-state index contributed by atoms with van der Waals surface area (Å²) < 4.78 is 24.3. The Morgan fingerprint density at radius 2 is 2.04 bits per heavy atom. The molecule has 2 aromatic rings. The topological polar surface area (TPSA) is 50.8 Å². The molecule has 1 saturated heterocycles. The second-order valence-corrected chi connectivity index (χ2v) is 6.61. The fourth-order valence-electron chi connectivity index (χ4n) is 3.24. The number of halogens is 1. The number of carbonyl (C=O) groups is 1. The SMILES string of the molecule is COc1ccccc1CNC(=O)C(C)N1CCOC(c2ccc(F)cc2)C1. The van der Waals surface area contributed by atoms with Gasteiger partial charge in [-0.05, 0) is 30.7 Å². The quantitative estimate of drug-likeness (QED) is 0.847. The number of amides is 1. The van der Waals surface area contributed by atoms with Crippen LogP contribution in [0.25, 0.3) is 0 Å². The number of nitrogens with zero attached hydrogens (tertiary/aromatic N) is 1. The van der Waals surface area contributed by atoms with Crippen molar-refractivity contribution >= 4 is 5.91 Å². The van der Waals surface area contributed by atoms with Gasteiger partial charge in [-0.1, -0.05) is 30.3 Å². The van der Waals surface area contributed by atoms with Gasteiger partial charge < -0.3 is 14.8 Å². The number of para-hydroxylation sites is 1. The van der Waals surface area contributed by atoms with Crippen molar-refractivity contribution in [3.05, 3.63) is 65.5 Å². The fraction of sp³-hybridized carbons (Fsp3) is 0.381. The summed E-state index contributed by atoms with van der Waals surface area (Å²) >= 11 is 0. The molecule has 1 amide bonds. The molecule has 1 heterocycles. The van der Waals surface area contributed by atoms with Gasteiger partial charge in [0.05, 0.1) is 25.9 Å². The monoisotopic (exact) mass is 372 g/mol. The molecular weight excluding hydrogens is 347 g/mol. The fourth-order valence-corrected chi connectivity index (χ4v) is 3.24. The minimum absolute atomic E-state index is 0.0411. The van der Waals surface area contributed by atoms with E-state index in [1.54, 1.807) is 19.2 Å². The molecule has 6 heteroatoms. The zero-order chi connectivity index (χ0) is 19.2. The first-order valence-corrected chi connectivity index (χ1v) is 9.09. The molecule has 0 aromatic heterocycles. The first kappa shape index (κ1) is 19.3. The van der Waals surface area contributed by atoms with Crippen LogP contribution < -0.4 is 10.1 Å². The van der Waals surface area contributed by atoms with Gasteiger partial charge in [0.15, 0.2) is 0 Å². The van der Waals surface area contributed by atoms with E-state index in [2.05, 4.69) is 10.2 Å². The van der Waals surface area contributed by atoms with Gasteiger partial charge in [-0.15, -0.1) is 0 Å². The highest BCUT2D eigenvalue weighted by Crippen LogP contribution is 2.24. The molecule has 144 valence electrons. The number of morpholine rings is 1. The summed E-state index contributed by atoms with van der Waals surface area (Å²) in [5.41, 5.74) is 1.86. The lowest BCUT2D eigenvalue weighted by Gasteiger charge is -2.36. The van der Waals surface area contributed by atoms with Crippen molar-refractivity contribution in [1.82, 2.24) is 10.2 Å². The standard InChI is InChI=1S/C21H25FN2O3/c1-15(21(25)23-13-17-5-3-4-6-19(17)26-2)24-11-12-27-20(14-24)16-7-9-18(22)10-8-16/h3-10,15,20H,11-14H2,1-2H3,(H,23,25). The highest BCUT2D eigenvalue weighted by atomic mass is 19.1. The first-order valence-electron chi connectivity index (χ1n) is 9.09. The predicted molar refractivity (Wildman–Crippen MR) is 101 cm³/mol. The Balaban J connectivity index is 1.58. The van der Waals surface area contributed by atoms with Crippen LogP contribution in [0, 0.1) is 5.82 Å². The van der Waals surface area contributed by atoms with Crippen LogP contribution in [0.4, 0.5) is 4.39 Å². The van der Waals surface area contributed by atoms with E-state index in [-0.39, 0.29) is 23.9 Å². The summed E-state index contributed by atoms with van der Waals surface area (Å²) in [7, 11) is 1.62. The van der Waals surface area contributed by atoms with Crippen LogP contribution in [0.2, 0.25) is 0 Å². The molecule has 1 aliphatic heterocycles. The molecule has 0 spiro atoms. The van der Waals surface area contributed by atoms with Crippen molar-refractivity contribution in [2.75, 3.05) is 26.8 Å². The van der Waals surface area contributed by atoms with E-state index >= 15 is 0 Å². The number of ether oxygens (including phenoxy) is 2. The van der Waals surface area contributed by atoms with Crippen molar-refractivity contribution < 1.29 is 18.7 Å². The molecule has 0 radical (unpaired) electrons. The van der Waals surface area contributed by atoms with Gasteiger partial charge in [0.1, 0.15) is 11.6 Å². The summed E-state index contributed by atoms with van der Waals surface area (Å²) in [6.45, 7) is 4.12. The Morgan fingerprint density at radius 1 is 1.30 bits per heavy atom. The van der Waals surface area contributed by atoms with Crippen LogP contribution in [0.1, 0.15) is 24.2 Å². The maximum Gasteiger partial charge on any atom is 0.237 e. The van der Waals surface area contributed by atoms with E-state index in [1.165, 1.54) is 12.1 Å². The highest BCUT2D eigenvalue weighted by molar-refractivity contribution is 5.81. The largest absolute Gasteiger partial charge is 0.496 e. The summed E-state index contributed by atoms with van der Waals surface area (Å²) in [6.07, 6.45) is -0.163. The normalized spacial score (nSPS) is 18.7. The van der Waals surface area contributed by atoms with Crippen molar-refractivity contribution in [2.24, 2.45) is 0 Å². The molecule has 5 nitrogen and oxygen atoms in total. The summed E-state index contributed by atoms with van der Waals surface area (Å²) in [5, 5.41) is 2.98. The van der Waals surface area contributed by atoms with E-state index in [4.69, 9.17) is 9.47 Å². The minimum Gasteiger partial charge on any atom is -0.496 e. The maximum atomic E-state index is 13.1. The summed E-state index contributed by atoms with van der Waals surface area (Å²) in [5.74, 6) is 0.448. The minimum atomic E-state index is -0.286. The lowest BCUT2D eigenvalue weighted by atomic mass is 10.1. The van der Waals surface area contributed by atoms with E-state index < -0.39 is 0 Å². The van der Waals surface area contributed by atoms with Gasteiger partial charge >= 0.3 is 0 Å². The Bertz CT molecular complexity index is 766. The third-order valence-electron chi connectivity index (χ3n) is 4.91. The Kier molecular flexibility index (Phi) is 6.42. The molecule has 0 aliphatic carbocycles. The van der Waals surface area contributed by atoms with Crippen molar-refractivity contribution in [3.8, 4) is 5.75 Å². The number of nitrogens with one attached hydrogen (secondary N) is 1. The number of hydrogen-bond acceptors (Lipinski definition) is 4. The number of hydrogen-bond donors (Lipinski definition) is 1. The van der Waals surface area contributed by atoms with Gasteiger partial charge in [0.25, 0.3) is 0 Å². The van der Waals surface area contributed by atoms with E-state index in [0.717, 1.165) is 16.9 Å². The van der Waals surface area contributed by atoms with Gasteiger partial charge in [0, 0.05) is 25.2 Å². The smallest absolute Gasteiger partial charge is 0.237 e. The second-order valence-electron chi connectivity index (χ2n) is 6.61. The average molecular weight is 372 g/mol. The van der Waals surface area contributed by atoms with Gasteiger partial charge in [-0.2, -0.15) is 0 Å². The van der Waals surface area contributed by atoms with Gasteiger partial charge in [0.2, 0.25) is 5.91 Å². The highest BCUT2D eigenvalue weighted by Gasteiger charge is 2.28. The molecule has 0 bridgehead atoms. The number of rotatable bonds is 6. The van der Waals surface area contributed by atoms with E-state index in [1.807, 2.05) is 31.2 Å². The lowest BCUT2D eigenvalue weighted by Crippen LogP contribution is -2.50. The van der Waals surface area contributed by atoms with Crippen LogP contribution in [-0.2, 0) is 16.1 Å². The molecule has 2 atom stereocenters. The lowest BCUT2D eigenvalue weighted by molar-refractivity contribution is -0.129. The van der Waals surface area contributed by atoms with Gasteiger partial charge in [-0.25, -0.2) is 4.39 Å². The second kappa shape index (κ2) is 8.97. The number of benzene rings is 2. The number of methoxy groups -OCH3 is 1. The average Bonchev–Trinajstić information content (AvgIpc) is 2.72. The Morgan fingerprint density at radius 3 is 2.78 bits per heavy atom. The molecule has 3 rings (SSSR count). The predicted octanol–water partition coefficient (Wildman–Crippen LogP) is 2.91. The van der Waals surface area contributed by atoms with Gasteiger partial charge in [-0.3, -0.25) is 9.69 Å². The van der Waals surface area contributed by atoms with Crippen LogP contribution >= 0.6 is 0 Å².